The molecule has 0 heterocycles. The monoisotopic (exact) mass is 234 g/mol. The standard InChI is InChI=1S/C14H18O3/c1-4-11(5-9(2)8-15)12-7-13(16)10(3)6-14(12)17/h4,6-7,9,11,15H,1,5,8H2,2-3H3/t9-,11-/m0/s1. The molecule has 0 aliphatic heterocycles. The summed E-state index contributed by atoms with van der Waals surface area (Å²) in [6.45, 7) is 7.29. The number of aliphatic hydroxyl groups excluding tert-OH is 1. The number of aliphatic hydroxyl groups is 1. The van der Waals surface area contributed by atoms with Crippen LogP contribution >= 0.6 is 0 Å². The van der Waals surface area contributed by atoms with Crippen LogP contribution in [0.1, 0.15) is 20.3 Å². The van der Waals surface area contributed by atoms with Gasteiger partial charge in [0, 0.05) is 23.7 Å². The molecule has 0 saturated carbocycles. The third-order valence-electron chi connectivity index (χ3n) is 2.96. The summed E-state index contributed by atoms with van der Waals surface area (Å²) in [6.07, 6.45) is 5.06. The fourth-order valence-corrected chi connectivity index (χ4v) is 1.83. The predicted molar refractivity (Wildman–Crippen MR) is 66.4 cm³/mol. The van der Waals surface area contributed by atoms with Crippen LogP contribution in [0.5, 0.6) is 0 Å². The molecule has 2 atom stereocenters. The highest BCUT2D eigenvalue weighted by Gasteiger charge is 2.24. The first-order valence-corrected chi connectivity index (χ1v) is 5.71. The fourth-order valence-electron chi connectivity index (χ4n) is 1.83. The number of hydrogen-bond donors (Lipinski definition) is 1. The molecule has 1 aliphatic carbocycles. The number of rotatable bonds is 5. The second-order valence-corrected chi connectivity index (χ2v) is 4.52. The van der Waals surface area contributed by atoms with Gasteiger partial charge in [-0.05, 0) is 31.4 Å². The summed E-state index contributed by atoms with van der Waals surface area (Å²) in [5.74, 6) is -0.341. The molecule has 0 saturated heterocycles. The summed E-state index contributed by atoms with van der Waals surface area (Å²) in [5, 5.41) is 9.02. The quantitative estimate of drug-likeness (QED) is 0.583. The van der Waals surface area contributed by atoms with Gasteiger partial charge in [0.25, 0.3) is 0 Å². The van der Waals surface area contributed by atoms with Gasteiger partial charge in [-0.1, -0.05) is 13.0 Å². The van der Waals surface area contributed by atoms with E-state index in [1.54, 1.807) is 13.0 Å². The predicted octanol–water partition coefficient (Wildman–Crippen LogP) is 1.83. The van der Waals surface area contributed by atoms with Crippen molar-refractivity contribution >= 4 is 11.6 Å². The lowest BCUT2D eigenvalue weighted by Gasteiger charge is -2.20. The first-order chi connectivity index (χ1) is 7.99. The van der Waals surface area contributed by atoms with Gasteiger partial charge in [0.1, 0.15) is 0 Å². The maximum atomic E-state index is 11.8. The Bertz CT molecular complexity index is 402. The Balaban J connectivity index is 2.90. The average Bonchev–Trinajstić information content (AvgIpc) is 2.30. The van der Waals surface area contributed by atoms with Crippen molar-refractivity contribution in [2.24, 2.45) is 11.8 Å². The highest BCUT2D eigenvalue weighted by atomic mass is 16.3. The van der Waals surface area contributed by atoms with Gasteiger partial charge in [0.05, 0.1) is 0 Å². The van der Waals surface area contributed by atoms with E-state index in [1.165, 1.54) is 12.2 Å². The molecule has 3 nitrogen and oxygen atoms in total. The van der Waals surface area contributed by atoms with E-state index in [0.717, 1.165) is 0 Å². The van der Waals surface area contributed by atoms with Gasteiger partial charge in [-0.2, -0.15) is 0 Å². The van der Waals surface area contributed by atoms with Crippen LogP contribution in [0.3, 0.4) is 0 Å². The zero-order chi connectivity index (χ0) is 13.0. The summed E-state index contributed by atoms with van der Waals surface area (Å²) in [5.41, 5.74) is 0.952. The molecule has 0 fully saturated rings. The van der Waals surface area contributed by atoms with Crippen LogP contribution in [0.2, 0.25) is 0 Å². The lowest BCUT2D eigenvalue weighted by Crippen LogP contribution is -2.19. The Morgan fingerprint density at radius 2 is 2.00 bits per heavy atom. The van der Waals surface area contributed by atoms with Crippen molar-refractivity contribution in [1.29, 1.82) is 0 Å². The third kappa shape index (κ3) is 3.24. The second-order valence-electron chi connectivity index (χ2n) is 4.52. The van der Waals surface area contributed by atoms with Gasteiger partial charge >= 0.3 is 0 Å². The molecule has 0 radical (unpaired) electrons. The molecule has 0 bridgehead atoms. The first-order valence-electron chi connectivity index (χ1n) is 5.71. The number of ketones is 2. The minimum absolute atomic E-state index is 0.0641. The molecular formula is C14H18O3. The van der Waals surface area contributed by atoms with E-state index in [4.69, 9.17) is 5.11 Å². The van der Waals surface area contributed by atoms with Crippen molar-refractivity contribution in [1.82, 2.24) is 0 Å². The summed E-state index contributed by atoms with van der Waals surface area (Å²) in [4.78, 5) is 23.4. The molecule has 92 valence electrons. The molecular weight excluding hydrogens is 216 g/mol. The normalized spacial score (nSPS) is 19.5. The molecule has 1 rings (SSSR count). The highest BCUT2D eigenvalue weighted by molar-refractivity contribution is 6.19. The first kappa shape index (κ1) is 13.6. The van der Waals surface area contributed by atoms with Crippen molar-refractivity contribution < 1.29 is 14.7 Å². The Kier molecular flexibility index (Phi) is 4.58. The maximum Gasteiger partial charge on any atom is 0.182 e. The summed E-state index contributed by atoms with van der Waals surface area (Å²) in [6, 6.07) is 0. The van der Waals surface area contributed by atoms with E-state index in [2.05, 4.69) is 6.58 Å². The Morgan fingerprint density at radius 3 is 2.53 bits per heavy atom. The topological polar surface area (TPSA) is 54.4 Å². The van der Waals surface area contributed by atoms with Gasteiger partial charge in [0.2, 0.25) is 0 Å². The van der Waals surface area contributed by atoms with E-state index in [1.807, 2.05) is 6.92 Å². The summed E-state index contributed by atoms with van der Waals surface area (Å²) < 4.78 is 0. The molecule has 17 heavy (non-hydrogen) atoms. The Hall–Kier alpha value is -1.48. The van der Waals surface area contributed by atoms with Crippen molar-refractivity contribution in [3.05, 3.63) is 36.0 Å². The molecule has 1 N–H and O–H groups in total. The van der Waals surface area contributed by atoms with Crippen LogP contribution in [0.25, 0.3) is 0 Å². The minimum Gasteiger partial charge on any atom is -0.396 e. The van der Waals surface area contributed by atoms with Gasteiger partial charge in [-0.25, -0.2) is 0 Å². The van der Waals surface area contributed by atoms with Crippen LogP contribution < -0.4 is 0 Å². The van der Waals surface area contributed by atoms with Crippen molar-refractivity contribution in [2.45, 2.75) is 20.3 Å². The number of hydrogen-bond acceptors (Lipinski definition) is 3. The van der Waals surface area contributed by atoms with Gasteiger partial charge in [-0.3, -0.25) is 9.59 Å². The van der Waals surface area contributed by atoms with Gasteiger partial charge in [-0.15, -0.1) is 6.58 Å². The number of carbonyl (C=O) groups is 2. The Labute approximate surface area is 102 Å². The largest absolute Gasteiger partial charge is 0.396 e. The molecule has 0 unspecified atom stereocenters. The van der Waals surface area contributed by atoms with Crippen molar-refractivity contribution in [3.8, 4) is 0 Å². The van der Waals surface area contributed by atoms with Crippen LogP contribution in [0.15, 0.2) is 36.0 Å². The van der Waals surface area contributed by atoms with E-state index in [0.29, 0.717) is 17.6 Å². The van der Waals surface area contributed by atoms with Crippen LogP contribution in [0.4, 0.5) is 0 Å². The second kappa shape index (κ2) is 5.73. The third-order valence-corrected chi connectivity index (χ3v) is 2.96. The van der Waals surface area contributed by atoms with Crippen LogP contribution in [0, 0.1) is 11.8 Å². The maximum absolute atomic E-state index is 11.8. The molecule has 0 amide bonds. The highest BCUT2D eigenvalue weighted by Crippen LogP contribution is 2.25. The van der Waals surface area contributed by atoms with Crippen LogP contribution in [-0.2, 0) is 9.59 Å². The fraction of sp³-hybridized carbons (Fsp3) is 0.429. The number of carbonyl (C=O) groups excluding carboxylic acids is 2. The van der Waals surface area contributed by atoms with E-state index >= 15 is 0 Å². The van der Waals surface area contributed by atoms with E-state index in [-0.39, 0.29) is 30.0 Å². The lowest BCUT2D eigenvalue weighted by atomic mass is 9.84. The average molecular weight is 234 g/mol. The zero-order valence-electron chi connectivity index (χ0n) is 10.3. The van der Waals surface area contributed by atoms with E-state index in [9.17, 15) is 9.59 Å². The minimum atomic E-state index is -0.169. The van der Waals surface area contributed by atoms with E-state index < -0.39 is 0 Å². The van der Waals surface area contributed by atoms with Gasteiger partial charge < -0.3 is 5.11 Å². The zero-order valence-corrected chi connectivity index (χ0v) is 10.3. The smallest absolute Gasteiger partial charge is 0.182 e. The molecule has 1 aliphatic rings. The molecule has 0 spiro atoms. The molecule has 0 aromatic rings. The molecule has 0 aromatic heterocycles. The summed E-state index contributed by atoms with van der Waals surface area (Å²) in [7, 11) is 0. The van der Waals surface area contributed by atoms with Crippen LogP contribution in [-0.4, -0.2) is 23.3 Å². The molecule has 3 heteroatoms. The van der Waals surface area contributed by atoms with Gasteiger partial charge in [0.15, 0.2) is 11.6 Å². The number of allylic oxidation sites excluding steroid dienone is 5. The van der Waals surface area contributed by atoms with Crippen molar-refractivity contribution in [3.63, 3.8) is 0 Å². The Morgan fingerprint density at radius 1 is 1.35 bits per heavy atom. The summed E-state index contributed by atoms with van der Waals surface area (Å²) >= 11 is 0. The lowest BCUT2D eigenvalue weighted by molar-refractivity contribution is -0.115. The molecule has 0 aromatic carbocycles. The SMILES string of the molecule is C=C[C@@H](C[C@H](C)CO)C1=CC(=O)C(C)=CC1=O. The van der Waals surface area contributed by atoms with Crippen molar-refractivity contribution in [2.75, 3.05) is 6.61 Å².